The van der Waals surface area contributed by atoms with Crippen LogP contribution in [0.3, 0.4) is 0 Å². The first-order chi connectivity index (χ1) is 12.1. The monoisotopic (exact) mass is 351 g/mol. The largest absolute Gasteiger partial charge is 0.353 e. The number of nitrogens with one attached hydrogen (secondary N) is 1. The molecule has 2 aromatic carbocycles. The van der Waals surface area contributed by atoms with E-state index in [9.17, 15) is 8.42 Å². The summed E-state index contributed by atoms with van der Waals surface area (Å²) in [6.07, 6.45) is 0.683. The minimum atomic E-state index is -3.17. The lowest BCUT2D eigenvalue weighted by Crippen LogP contribution is -2.25. The van der Waals surface area contributed by atoms with Crippen LogP contribution in [0.2, 0.25) is 0 Å². The van der Waals surface area contributed by atoms with Crippen molar-refractivity contribution in [3.8, 4) is 0 Å². The maximum atomic E-state index is 12.2. The number of fused-ring (bicyclic) bond motifs is 2. The summed E-state index contributed by atoms with van der Waals surface area (Å²) in [4.78, 5) is 8.11. The van der Waals surface area contributed by atoms with Crippen LogP contribution in [-0.2, 0) is 16.6 Å². The number of hydrogen-bond acceptors (Lipinski definition) is 3. The second kappa shape index (κ2) is 5.20. The van der Waals surface area contributed by atoms with Crippen molar-refractivity contribution < 1.29 is 8.42 Å². The van der Waals surface area contributed by atoms with Crippen molar-refractivity contribution in [3.63, 3.8) is 0 Å². The van der Waals surface area contributed by atoms with E-state index in [2.05, 4.69) is 17.1 Å². The topological polar surface area (TPSA) is 65.5 Å². The normalized spacial score (nSPS) is 18.6. The van der Waals surface area contributed by atoms with Crippen LogP contribution in [-0.4, -0.2) is 31.4 Å². The fourth-order valence-electron chi connectivity index (χ4n) is 3.69. The van der Waals surface area contributed by atoms with Gasteiger partial charge in [0.2, 0.25) is 10.0 Å². The number of anilines is 1. The first kappa shape index (κ1) is 14.7. The lowest BCUT2D eigenvalue weighted by Gasteiger charge is -2.18. The molecule has 0 radical (unpaired) electrons. The van der Waals surface area contributed by atoms with Crippen molar-refractivity contribution in [2.75, 3.05) is 16.6 Å². The molecule has 0 atom stereocenters. The highest BCUT2D eigenvalue weighted by molar-refractivity contribution is 7.93. The van der Waals surface area contributed by atoms with Crippen LogP contribution in [0.25, 0.3) is 10.9 Å². The van der Waals surface area contributed by atoms with Crippen molar-refractivity contribution in [2.24, 2.45) is 4.99 Å². The van der Waals surface area contributed by atoms with Crippen LogP contribution in [0.4, 0.5) is 5.69 Å². The summed E-state index contributed by atoms with van der Waals surface area (Å²) in [6.45, 7) is 1.19. The standard InChI is InChI=1S/C19H17N3O2S/c23-25(24)9-3-8-22(25)15-7-6-14-12-20-19(16(14)11-15)18-10-13-4-1-2-5-17(13)21-18/h1-2,4-7,10-11,21H,3,8-9,12H2. The Morgan fingerprint density at radius 1 is 1.08 bits per heavy atom. The van der Waals surface area contributed by atoms with Gasteiger partial charge in [0, 0.05) is 23.0 Å². The number of sulfonamides is 1. The summed E-state index contributed by atoms with van der Waals surface area (Å²) in [6, 6.07) is 16.1. The van der Waals surface area contributed by atoms with Gasteiger partial charge in [-0.25, -0.2) is 8.42 Å². The fraction of sp³-hybridized carbons (Fsp3) is 0.211. The van der Waals surface area contributed by atoms with E-state index >= 15 is 0 Å². The molecule has 2 aliphatic heterocycles. The molecule has 1 fully saturated rings. The number of aliphatic imine (C=N–C) groups is 1. The van der Waals surface area contributed by atoms with Gasteiger partial charge in [0.15, 0.2) is 0 Å². The molecule has 3 heterocycles. The van der Waals surface area contributed by atoms with Gasteiger partial charge in [-0.05, 0) is 36.2 Å². The average Bonchev–Trinajstić information content (AvgIpc) is 3.29. The highest BCUT2D eigenvalue weighted by atomic mass is 32.2. The first-order valence-corrected chi connectivity index (χ1v) is 9.99. The summed E-state index contributed by atoms with van der Waals surface area (Å²) in [5, 5.41) is 1.15. The number of rotatable bonds is 2. The Balaban J connectivity index is 1.59. The number of aromatic amines is 1. The maximum absolute atomic E-state index is 12.2. The molecule has 6 heteroatoms. The van der Waals surface area contributed by atoms with Crippen molar-refractivity contribution in [1.82, 2.24) is 4.98 Å². The Morgan fingerprint density at radius 3 is 2.76 bits per heavy atom. The predicted octanol–water partition coefficient (Wildman–Crippen LogP) is 3.06. The summed E-state index contributed by atoms with van der Waals surface area (Å²) in [7, 11) is -3.17. The number of para-hydroxylation sites is 1. The number of hydrogen-bond donors (Lipinski definition) is 1. The molecule has 3 aromatic rings. The molecule has 5 nitrogen and oxygen atoms in total. The van der Waals surface area contributed by atoms with Crippen molar-refractivity contribution in [1.29, 1.82) is 0 Å². The van der Waals surface area contributed by atoms with Gasteiger partial charge >= 0.3 is 0 Å². The average molecular weight is 351 g/mol. The van der Waals surface area contributed by atoms with Crippen LogP contribution in [0.5, 0.6) is 0 Å². The van der Waals surface area contributed by atoms with E-state index in [0.717, 1.165) is 39.1 Å². The molecule has 0 amide bonds. The van der Waals surface area contributed by atoms with Gasteiger partial charge in [0.05, 0.1) is 29.4 Å². The summed E-state index contributed by atoms with van der Waals surface area (Å²) < 4.78 is 26.0. The molecular formula is C19H17N3O2S. The lowest BCUT2D eigenvalue weighted by molar-refractivity contribution is 0.599. The fourth-order valence-corrected chi connectivity index (χ4v) is 5.24. The highest BCUT2D eigenvalue weighted by Gasteiger charge is 2.30. The van der Waals surface area contributed by atoms with E-state index in [1.54, 1.807) is 0 Å². The van der Waals surface area contributed by atoms with E-state index in [1.807, 2.05) is 36.4 Å². The molecule has 126 valence electrons. The zero-order chi connectivity index (χ0) is 17.0. The van der Waals surface area contributed by atoms with E-state index < -0.39 is 10.0 Å². The zero-order valence-corrected chi connectivity index (χ0v) is 14.4. The van der Waals surface area contributed by atoms with E-state index in [1.165, 1.54) is 4.31 Å². The van der Waals surface area contributed by atoms with Gasteiger partial charge in [0.25, 0.3) is 0 Å². The third kappa shape index (κ3) is 2.28. The second-order valence-corrected chi connectivity index (χ2v) is 8.53. The van der Waals surface area contributed by atoms with E-state index in [4.69, 9.17) is 4.99 Å². The molecule has 2 aliphatic rings. The Hall–Kier alpha value is -2.60. The molecule has 0 saturated carbocycles. The molecule has 1 saturated heterocycles. The van der Waals surface area contributed by atoms with Crippen LogP contribution >= 0.6 is 0 Å². The molecule has 0 aliphatic carbocycles. The third-order valence-electron chi connectivity index (χ3n) is 4.93. The van der Waals surface area contributed by atoms with E-state index in [0.29, 0.717) is 19.5 Å². The number of benzene rings is 2. The molecular weight excluding hydrogens is 334 g/mol. The summed E-state index contributed by atoms with van der Waals surface area (Å²) in [5.41, 5.74) is 5.85. The van der Waals surface area contributed by atoms with Gasteiger partial charge in [-0.15, -0.1) is 0 Å². The quantitative estimate of drug-likeness (QED) is 0.771. The van der Waals surface area contributed by atoms with Crippen LogP contribution in [0.1, 0.15) is 23.2 Å². The Labute approximate surface area is 146 Å². The van der Waals surface area contributed by atoms with Crippen molar-refractivity contribution >= 4 is 32.3 Å². The van der Waals surface area contributed by atoms with Crippen molar-refractivity contribution in [3.05, 3.63) is 65.4 Å². The minimum absolute atomic E-state index is 0.229. The van der Waals surface area contributed by atoms with Gasteiger partial charge in [-0.1, -0.05) is 24.3 Å². The predicted molar refractivity (Wildman–Crippen MR) is 99.8 cm³/mol. The summed E-state index contributed by atoms with van der Waals surface area (Å²) in [5.74, 6) is 0.229. The molecule has 0 spiro atoms. The Morgan fingerprint density at radius 2 is 1.96 bits per heavy atom. The Kier molecular flexibility index (Phi) is 3.06. The lowest BCUT2D eigenvalue weighted by atomic mass is 10.0. The maximum Gasteiger partial charge on any atom is 0.235 e. The second-order valence-electron chi connectivity index (χ2n) is 6.52. The Bertz CT molecular complexity index is 1100. The van der Waals surface area contributed by atoms with Gasteiger partial charge in [-0.3, -0.25) is 9.30 Å². The highest BCUT2D eigenvalue weighted by Crippen LogP contribution is 2.31. The van der Waals surface area contributed by atoms with E-state index in [-0.39, 0.29) is 5.75 Å². The zero-order valence-electron chi connectivity index (χ0n) is 13.6. The molecule has 0 unspecified atom stereocenters. The van der Waals surface area contributed by atoms with Gasteiger partial charge in [0.1, 0.15) is 0 Å². The van der Waals surface area contributed by atoms with Crippen molar-refractivity contribution in [2.45, 2.75) is 13.0 Å². The molecule has 0 bridgehead atoms. The first-order valence-electron chi connectivity index (χ1n) is 8.38. The minimum Gasteiger partial charge on any atom is -0.353 e. The summed E-state index contributed by atoms with van der Waals surface area (Å²) >= 11 is 0. The molecule has 1 N–H and O–H groups in total. The number of aromatic nitrogens is 1. The molecule has 1 aromatic heterocycles. The SMILES string of the molecule is O=S1(=O)CCCN1c1ccc2c(c1)C(c1cc3ccccc3[nH]1)=NC2. The van der Waals surface area contributed by atoms with Gasteiger partial charge < -0.3 is 4.98 Å². The van der Waals surface area contributed by atoms with Crippen LogP contribution in [0, 0.1) is 0 Å². The number of nitrogens with zero attached hydrogens (tertiary/aromatic N) is 2. The third-order valence-corrected chi connectivity index (χ3v) is 6.80. The molecule has 5 rings (SSSR count). The smallest absolute Gasteiger partial charge is 0.235 e. The van der Waals surface area contributed by atoms with Crippen LogP contribution < -0.4 is 4.31 Å². The number of H-pyrrole nitrogens is 1. The van der Waals surface area contributed by atoms with Crippen LogP contribution in [0.15, 0.2) is 53.5 Å². The molecule has 25 heavy (non-hydrogen) atoms. The van der Waals surface area contributed by atoms with Gasteiger partial charge in [-0.2, -0.15) is 0 Å².